The maximum absolute atomic E-state index is 13.0. The molecule has 0 spiro atoms. The Kier molecular flexibility index (Phi) is 8.19. The van der Waals surface area contributed by atoms with Gasteiger partial charge in [0.25, 0.3) is 5.91 Å². The van der Waals surface area contributed by atoms with E-state index in [1.165, 1.54) is 16.2 Å². The fourth-order valence-electron chi connectivity index (χ4n) is 4.24. The lowest BCUT2D eigenvalue weighted by Gasteiger charge is -2.22. The van der Waals surface area contributed by atoms with E-state index >= 15 is 0 Å². The van der Waals surface area contributed by atoms with Crippen LogP contribution in [-0.2, 0) is 16.1 Å². The first-order valence-corrected chi connectivity index (χ1v) is 13.6. The van der Waals surface area contributed by atoms with Crippen molar-refractivity contribution in [2.24, 2.45) is 0 Å². The molecule has 0 saturated carbocycles. The standard InChI is InChI=1S/C29H25ClN4O4S/c30-22-12-8-21(9-13-22)26(35)31-23-14-10-20(11-15-23)24-18-39-28(32-24)33-27(36)25-7-4-16-34(25)29(37)38-17-19-5-2-1-3-6-19/h1-3,5-6,8-15,18,25H,4,7,16-17H2,(H,31,35)(H,32,33,36)/t25-/m0/s1. The zero-order chi connectivity index (χ0) is 27.2. The van der Waals surface area contributed by atoms with Crippen LogP contribution in [0.5, 0.6) is 0 Å². The molecule has 1 saturated heterocycles. The minimum atomic E-state index is -0.607. The van der Waals surface area contributed by atoms with Gasteiger partial charge in [0, 0.05) is 33.8 Å². The summed E-state index contributed by atoms with van der Waals surface area (Å²) in [6.45, 7) is 0.625. The molecule has 8 nitrogen and oxygen atoms in total. The lowest BCUT2D eigenvalue weighted by atomic mass is 10.1. The molecule has 1 aliphatic heterocycles. The Labute approximate surface area is 234 Å². The molecule has 2 heterocycles. The Morgan fingerprint density at radius 1 is 0.974 bits per heavy atom. The first-order valence-electron chi connectivity index (χ1n) is 12.4. The maximum atomic E-state index is 13.0. The van der Waals surface area contributed by atoms with Gasteiger partial charge in [0.15, 0.2) is 5.13 Å². The van der Waals surface area contributed by atoms with Gasteiger partial charge in [0.1, 0.15) is 12.6 Å². The van der Waals surface area contributed by atoms with Gasteiger partial charge in [-0.15, -0.1) is 11.3 Å². The van der Waals surface area contributed by atoms with Crippen LogP contribution in [0.3, 0.4) is 0 Å². The van der Waals surface area contributed by atoms with Crippen molar-refractivity contribution in [3.8, 4) is 11.3 Å². The van der Waals surface area contributed by atoms with E-state index in [1.54, 1.807) is 36.4 Å². The van der Waals surface area contributed by atoms with Gasteiger partial charge < -0.3 is 15.4 Å². The predicted molar refractivity (Wildman–Crippen MR) is 152 cm³/mol. The zero-order valence-corrected chi connectivity index (χ0v) is 22.4. The number of anilines is 2. The molecule has 39 heavy (non-hydrogen) atoms. The molecule has 1 aromatic heterocycles. The van der Waals surface area contributed by atoms with Gasteiger partial charge in [0.05, 0.1) is 5.69 Å². The minimum absolute atomic E-state index is 0.157. The highest BCUT2D eigenvalue weighted by atomic mass is 35.5. The number of hydrogen-bond acceptors (Lipinski definition) is 6. The van der Waals surface area contributed by atoms with Gasteiger partial charge in [-0.25, -0.2) is 9.78 Å². The van der Waals surface area contributed by atoms with Crippen molar-refractivity contribution in [1.82, 2.24) is 9.88 Å². The lowest BCUT2D eigenvalue weighted by Crippen LogP contribution is -2.43. The molecule has 0 radical (unpaired) electrons. The number of nitrogens with zero attached hydrogens (tertiary/aromatic N) is 2. The van der Waals surface area contributed by atoms with Crippen LogP contribution in [0.2, 0.25) is 5.02 Å². The van der Waals surface area contributed by atoms with Crippen LogP contribution < -0.4 is 10.6 Å². The second-order valence-electron chi connectivity index (χ2n) is 8.96. The summed E-state index contributed by atoms with van der Waals surface area (Å²) in [5.74, 6) is -0.520. The summed E-state index contributed by atoms with van der Waals surface area (Å²) >= 11 is 7.19. The second kappa shape index (κ2) is 12.1. The van der Waals surface area contributed by atoms with E-state index in [-0.39, 0.29) is 18.4 Å². The summed E-state index contributed by atoms with van der Waals surface area (Å²) in [5, 5.41) is 8.55. The number of carbonyl (C=O) groups is 3. The Morgan fingerprint density at radius 3 is 2.46 bits per heavy atom. The van der Waals surface area contributed by atoms with Gasteiger partial charge >= 0.3 is 6.09 Å². The minimum Gasteiger partial charge on any atom is -0.445 e. The van der Waals surface area contributed by atoms with Crippen molar-refractivity contribution >= 4 is 51.7 Å². The quantitative estimate of drug-likeness (QED) is 0.270. The van der Waals surface area contributed by atoms with Crippen molar-refractivity contribution in [2.75, 3.05) is 17.2 Å². The van der Waals surface area contributed by atoms with E-state index < -0.39 is 12.1 Å². The van der Waals surface area contributed by atoms with Gasteiger partial charge in [0.2, 0.25) is 5.91 Å². The molecular formula is C29H25ClN4O4S. The number of thiazole rings is 1. The Bertz CT molecular complexity index is 1460. The monoisotopic (exact) mass is 560 g/mol. The highest BCUT2D eigenvalue weighted by Crippen LogP contribution is 2.27. The molecule has 5 rings (SSSR count). The summed E-state index contributed by atoms with van der Waals surface area (Å²) in [4.78, 5) is 44.1. The van der Waals surface area contributed by atoms with Crippen molar-refractivity contribution in [1.29, 1.82) is 0 Å². The topological polar surface area (TPSA) is 101 Å². The molecular weight excluding hydrogens is 536 g/mol. The van der Waals surface area contributed by atoms with Crippen molar-refractivity contribution in [3.05, 3.63) is 100 Å². The average molecular weight is 561 g/mol. The lowest BCUT2D eigenvalue weighted by molar-refractivity contribution is -0.120. The van der Waals surface area contributed by atoms with E-state index in [1.807, 2.05) is 47.8 Å². The number of carbonyl (C=O) groups excluding carboxylic acids is 3. The number of nitrogens with one attached hydrogen (secondary N) is 2. The largest absolute Gasteiger partial charge is 0.445 e. The van der Waals surface area contributed by atoms with Gasteiger partial charge in [-0.05, 0) is 54.8 Å². The fraction of sp³-hybridized carbons (Fsp3) is 0.172. The van der Waals surface area contributed by atoms with Crippen LogP contribution >= 0.6 is 22.9 Å². The third-order valence-corrected chi connectivity index (χ3v) is 7.28. The highest BCUT2D eigenvalue weighted by molar-refractivity contribution is 7.14. The molecule has 0 unspecified atom stereocenters. The third kappa shape index (κ3) is 6.63. The molecule has 1 atom stereocenters. The van der Waals surface area contributed by atoms with E-state index in [9.17, 15) is 14.4 Å². The third-order valence-electron chi connectivity index (χ3n) is 6.27. The van der Waals surface area contributed by atoms with Crippen molar-refractivity contribution < 1.29 is 19.1 Å². The number of hydrogen-bond donors (Lipinski definition) is 2. The number of halogens is 1. The van der Waals surface area contributed by atoms with Crippen LogP contribution in [0.25, 0.3) is 11.3 Å². The first kappa shape index (κ1) is 26.4. The van der Waals surface area contributed by atoms with Crippen LogP contribution in [-0.4, -0.2) is 40.4 Å². The molecule has 10 heteroatoms. The molecule has 198 valence electrons. The number of ether oxygens (including phenoxy) is 1. The molecule has 4 aromatic rings. The van der Waals surface area contributed by atoms with Crippen LogP contribution in [0.1, 0.15) is 28.8 Å². The Morgan fingerprint density at radius 2 is 1.72 bits per heavy atom. The number of likely N-dealkylation sites (tertiary alicyclic amines) is 1. The highest BCUT2D eigenvalue weighted by Gasteiger charge is 2.35. The first-order chi connectivity index (χ1) is 19.0. The summed E-state index contributed by atoms with van der Waals surface area (Å²) in [7, 11) is 0. The summed E-state index contributed by atoms with van der Waals surface area (Å²) in [5.41, 5.74) is 3.56. The van der Waals surface area contributed by atoms with E-state index in [2.05, 4.69) is 15.6 Å². The zero-order valence-electron chi connectivity index (χ0n) is 20.8. The summed E-state index contributed by atoms with van der Waals surface area (Å²) in [6.07, 6.45) is 0.788. The normalized spacial score (nSPS) is 14.6. The number of amides is 3. The van der Waals surface area contributed by atoms with E-state index in [0.717, 1.165) is 17.5 Å². The van der Waals surface area contributed by atoms with Crippen molar-refractivity contribution in [2.45, 2.75) is 25.5 Å². The van der Waals surface area contributed by atoms with Crippen LogP contribution in [0.15, 0.2) is 84.2 Å². The van der Waals surface area contributed by atoms with Crippen molar-refractivity contribution in [3.63, 3.8) is 0 Å². The number of rotatable bonds is 7. The fourth-order valence-corrected chi connectivity index (χ4v) is 5.09. The molecule has 0 aliphatic carbocycles. The van der Waals surface area contributed by atoms with E-state index in [0.29, 0.717) is 40.1 Å². The summed E-state index contributed by atoms with van der Waals surface area (Å²) < 4.78 is 5.43. The predicted octanol–water partition coefficient (Wildman–Crippen LogP) is 6.46. The number of aromatic nitrogens is 1. The molecule has 2 N–H and O–H groups in total. The molecule has 3 amide bonds. The molecule has 0 bridgehead atoms. The van der Waals surface area contributed by atoms with E-state index in [4.69, 9.17) is 16.3 Å². The summed E-state index contributed by atoms with van der Waals surface area (Å²) in [6, 6.07) is 22.7. The Hall–Kier alpha value is -4.21. The van der Waals surface area contributed by atoms with Gasteiger partial charge in [-0.1, -0.05) is 54.1 Å². The Balaban J connectivity index is 1.16. The van der Waals surface area contributed by atoms with Gasteiger partial charge in [-0.3, -0.25) is 14.5 Å². The SMILES string of the molecule is O=C(Nc1ccc(-c2csc(NC(=O)[C@@H]3CCCN3C(=O)OCc3ccccc3)n2)cc1)c1ccc(Cl)cc1. The average Bonchev–Trinajstić information content (AvgIpc) is 3.63. The molecule has 1 fully saturated rings. The number of benzene rings is 3. The second-order valence-corrected chi connectivity index (χ2v) is 10.3. The van der Waals surface area contributed by atoms with Crippen LogP contribution in [0.4, 0.5) is 15.6 Å². The maximum Gasteiger partial charge on any atom is 0.410 e. The smallest absolute Gasteiger partial charge is 0.410 e. The van der Waals surface area contributed by atoms with Crippen LogP contribution in [0, 0.1) is 0 Å². The van der Waals surface area contributed by atoms with Gasteiger partial charge in [-0.2, -0.15) is 0 Å². The molecule has 1 aliphatic rings. The molecule has 3 aromatic carbocycles.